The first-order valence-electron chi connectivity index (χ1n) is 6.11. The molecule has 0 fully saturated rings. The molecule has 0 rings (SSSR count). The molecule has 5 nitrogen and oxygen atoms in total. The molecule has 0 aliphatic rings. The zero-order valence-corrected chi connectivity index (χ0v) is 10.8. The Kier molecular flexibility index (Phi) is 12.2. The summed E-state index contributed by atoms with van der Waals surface area (Å²) in [4.78, 5) is 4.16. The van der Waals surface area contributed by atoms with Gasteiger partial charge in [0.1, 0.15) is 0 Å². The predicted molar refractivity (Wildman–Crippen MR) is 71.2 cm³/mol. The first-order valence-corrected chi connectivity index (χ1v) is 6.11. The molecule has 0 aromatic heterocycles. The fraction of sp³-hybridized carbons (Fsp3) is 0.750. The summed E-state index contributed by atoms with van der Waals surface area (Å²) in [5, 5.41) is 2.99. The second-order valence-corrected chi connectivity index (χ2v) is 3.43. The third-order valence-electron chi connectivity index (χ3n) is 1.95. The van der Waals surface area contributed by atoms with Crippen molar-refractivity contribution in [3.05, 3.63) is 12.7 Å². The fourth-order valence-electron chi connectivity index (χ4n) is 1.09. The molecule has 3 N–H and O–H groups in total. The van der Waals surface area contributed by atoms with Crippen LogP contribution in [0.2, 0.25) is 0 Å². The van der Waals surface area contributed by atoms with Crippen LogP contribution in [0.5, 0.6) is 0 Å². The number of ether oxygens (including phenoxy) is 2. The van der Waals surface area contributed by atoms with Crippen LogP contribution in [0, 0.1) is 0 Å². The molecule has 5 heteroatoms. The molecule has 0 saturated carbocycles. The van der Waals surface area contributed by atoms with E-state index in [1.165, 1.54) is 0 Å². The highest BCUT2D eigenvalue weighted by Crippen LogP contribution is 1.84. The Morgan fingerprint density at radius 3 is 2.88 bits per heavy atom. The summed E-state index contributed by atoms with van der Waals surface area (Å²) in [5.41, 5.74) is 5.66. The number of rotatable bonds is 11. The van der Waals surface area contributed by atoms with Crippen LogP contribution in [0.1, 0.15) is 19.8 Å². The van der Waals surface area contributed by atoms with Gasteiger partial charge in [0.2, 0.25) is 0 Å². The minimum absolute atomic E-state index is 0.466. The van der Waals surface area contributed by atoms with E-state index in [-0.39, 0.29) is 0 Å². The van der Waals surface area contributed by atoms with Crippen LogP contribution in [-0.2, 0) is 9.47 Å². The van der Waals surface area contributed by atoms with E-state index in [1.807, 2.05) is 13.0 Å². The van der Waals surface area contributed by atoms with Gasteiger partial charge in [-0.15, -0.1) is 6.58 Å². The van der Waals surface area contributed by atoms with Gasteiger partial charge < -0.3 is 20.5 Å². The van der Waals surface area contributed by atoms with Crippen molar-refractivity contribution in [1.29, 1.82) is 0 Å². The van der Waals surface area contributed by atoms with E-state index in [2.05, 4.69) is 16.9 Å². The molecule has 0 aromatic carbocycles. The van der Waals surface area contributed by atoms with Crippen molar-refractivity contribution in [3.8, 4) is 0 Å². The van der Waals surface area contributed by atoms with Crippen LogP contribution in [0.3, 0.4) is 0 Å². The Labute approximate surface area is 104 Å². The van der Waals surface area contributed by atoms with Gasteiger partial charge in [0.25, 0.3) is 0 Å². The predicted octanol–water partition coefficient (Wildman–Crippen LogP) is 0.910. The average Bonchev–Trinajstić information content (AvgIpc) is 2.33. The van der Waals surface area contributed by atoms with E-state index in [1.54, 1.807) is 0 Å². The molecule has 0 amide bonds. The molecule has 0 aliphatic heterocycles. The number of guanidine groups is 1. The smallest absolute Gasteiger partial charge is 0.188 e. The van der Waals surface area contributed by atoms with E-state index < -0.39 is 0 Å². The Morgan fingerprint density at radius 1 is 1.35 bits per heavy atom. The molecule has 0 aromatic rings. The largest absolute Gasteiger partial charge is 0.382 e. The monoisotopic (exact) mass is 243 g/mol. The van der Waals surface area contributed by atoms with Crippen LogP contribution >= 0.6 is 0 Å². The maximum absolute atomic E-state index is 5.66. The minimum atomic E-state index is 0.466. The fourth-order valence-corrected chi connectivity index (χ4v) is 1.09. The Bertz CT molecular complexity index is 208. The van der Waals surface area contributed by atoms with E-state index in [4.69, 9.17) is 15.2 Å². The molecule has 0 radical (unpaired) electrons. The molecule has 0 saturated heterocycles. The standard InChI is InChI=1S/C12H25N3O2/c1-3-5-9-17-11-8-15-12(13)14-7-6-10-16-4-2/h3H,1,4-11H2,2H3,(H3,13,14,15). The summed E-state index contributed by atoms with van der Waals surface area (Å²) in [5.74, 6) is 0.466. The number of aliphatic imine (C=N–C) groups is 1. The number of nitrogens with one attached hydrogen (secondary N) is 1. The minimum Gasteiger partial charge on any atom is -0.382 e. The molecule has 0 atom stereocenters. The highest BCUT2D eigenvalue weighted by atomic mass is 16.5. The SMILES string of the molecule is C=CCCOCCNC(N)=NCCCOCC. The Morgan fingerprint density at radius 2 is 2.18 bits per heavy atom. The summed E-state index contributed by atoms with van der Waals surface area (Å²) >= 11 is 0. The maximum Gasteiger partial charge on any atom is 0.188 e. The number of nitrogens with zero attached hydrogens (tertiary/aromatic N) is 1. The summed E-state index contributed by atoms with van der Waals surface area (Å²) in [7, 11) is 0. The molecular weight excluding hydrogens is 218 g/mol. The first-order chi connectivity index (χ1) is 8.31. The van der Waals surface area contributed by atoms with Gasteiger partial charge in [-0.25, -0.2) is 0 Å². The summed E-state index contributed by atoms with van der Waals surface area (Å²) in [6.07, 6.45) is 3.61. The van der Waals surface area contributed by atoms with Gasteiger partial charge in [0, 0.05) is 26.3 Å². The van der Waals surface area contributed by atoms with Crippen molar-refractivity contribution in [2.75, 3.05) is 39.5 Å². The van der Waals surface area contributed by atoms with Gasteiger partial charge in [-0.1, -0.05) is 6.08 Å². The van der Waals surface area contributed by atoms with Crippen LogP contribution in [0.4, 0.5) is 0 Å². The zero-order valence-electron chi connectivity index (χ0n) is 10.8. The van der Waals surface area contributed by atoms with Crippen LogP contribution in [0.15, 0.2) is 17.6 Å². The quantitative estimate of drug-likeness (QED) is 0.245. The van der Waals surface area contributed by atoms with Gasteiger partial charge in [-0.3, -0.25) is 4.99 Å². The number of nitrogens with two attached hydrogens (primary N) is 1. The lowest BCUT2D eigenvalue weighted by atomic mass is 10.4. The number of hydrogen-bond donors (Lipinski definition) is 2. The normalized spacial score (nSPS) is 11.5. The molecule has 0 spiro atoms. The molecule has 100 valence electrons. The molecule has 0 aliphatic carbocycles. The van der Waals surface area contributed by atoms with Crippen LogP contribution < -0.4 is 11.1 Å². The Hall–Kier alpha value is -1.07. The van der Waals surface area contributed by atoms with Gasteiger partial charge in [-0.05, 0) is 19.8 Å². The topological polar surface area (TPSA) is 68.9 Å². The van der Waals surface area contributed by atoms with Gasteiger partial charge in [0.15, 0.2) is 5.96 Å². The lowest BCUT2D eigenvalue weighted by Crippen LogP contribution is -2.34. The van der Waals surface area contributed by atoms with Crippen molar-refractivity contribution in [3.63, 3.8) is 0 Å². The van der Waals surface area contributed by atoms with Crippen molar-refractivity contribution < 1.29 is 9.47 Å². The van der Waals surface area contributed by atoms with Gasteiger partial charge in [0.05, 0.1) is 13.2 Å². The van der Waals surface area contributed by atoms with Crippen LogP contribution in [-0.4, -0.2) is 45.5 Å². The maximum atomic E-state index is 5.66. The third-order valence-corrected chi connectivity index (χ3v) is 1.95. The highest BCUT2D eigenvalue weighted by Gasteiger charge is 1.91. The average molecular weight is 243 g/mol. The van der Waals surface area contributed by atoms with Crippen LogP contribution in [0.25, 0.3) is 0 Å². The van der Waals surface area contributed by atoms with Crippen molar-refractivity contribution in [2.24, 2.45) is 10.7 Å². The van der Waals surface area contributed by atoms with Crippen molar-refractivity contribution >= 4 is 5.96 Å². The Balaban J connectivity index is 3.28. The van der Waals surface area contributed by atoms with E-state index >= 15 is 0 Å². The summed E-state index contributed by atoms with van der Waals surface area (Å²) < 4.78 is 10.5. The van der Waals surface area contributed by atoms with Crippen molar-refractivity contribution in [2.45, 2.75) is 19.8 Å². The molecule has 17 heavy (non-hydrogen) atoms. The molecular formula is C12H25N3O2. The van der Waals surface area contributed by atoms with Gasteiger partial charge >= 0.3 is 0 Å². The van der Waals surface area contributed by atoms with Crippen molar-refractivity contribution in [1.82, 2.24) is 5.32 Å². The molecule has 0 bridgehead atoms. The lowest BCUT2D eigenvalue weighted by molar-refractivity contribution is 0.143. The molecule has 0 unspecified atom stereocenters. The summed E-state index contributed by atoms with van der Waals surface area (Å²) in [6.45, 7) is 9.78. The number of hydrogen-bond acceptors (Lipinski definition) is 3. The van der Waals surface area contributed by atoms with E-state index in [0.29, 0.717) is 32.3 Å². The highest BCUT2D eigenvalue weighted by molar-refractivity contribution is 5.77. The molecule has 0 heterocycles. The zero-order chi connectivity index (χ0) is 12.8. The lowest BCUT2D eigenvalue weighted by Gasteiger charge is -2.06. The summed E-state index contributed by atoms with van der Waals surface area (Å²) in [6, 6.07) is 0. The second-order valence-electron chi connectivity index (χ2n) is 3.43. The second kappa shape index (κ2) is 13.0. The van der Waals surface area contributed by atoms with E-state index in [0.717, 1.165) is 26.1 Å². The third kappa shape index (κ3) is 12.9. The van der Waals surface area contributed by atoms with E-state index in [9.17, 15) is 0 Å². The van der Waals surface area contributed by atoms with Gasteiger partial charge in [-0.2, -0.15) is 0 Å². The first kappa shape index (κ1) is 15.9.